The van der Waals surface area contributed by atoms with Gasteiger partial charge in [-0.05, 0) is 83.0 Å². The zero-order chi connectivity index (χ0) is 27.9. The smallest absolute Gasteiger partial charge is 0.276 e. The van der Waals surface area contributed by atoms with E-state index in [9.17, 15) is 9.59 Å². The maximum absolute atomic E-state index is 13.2. The fourth-order valence-corrected chi connectivity index (χ4v) is 8.41. The van der Waals surface area contributed by atoms with Crippen molar-refractivity contribution < 1.29 is 9.59 Å². The number of hydrogen-bond acceptors (Lipinski definition) is 7. The van der Waals surface area contributed by atoms with E-state index in [1.807, 2.05) is 0 Å². The number of nitrogens with zero attached hydrogens (tertiary/aromatic N) is 3. The lowest BCUT2D eigenvalue weighted by Crippen LogP contribution is -2.18. The van der Waals surface area contributed by atoms with Gasteiger partial charge in [-0.25, -0.2) is 15.0 Å². The third-order valence-corrected chi connectivity index (χ3v) is 10.2. The first-order valence-electron chi connectivity index (χ1n) is 13.9. The number of carbonyl (C=O) groups excluding carboxylic acids is 2. The monoisotopic (exact) mass is 583 g/mol. The SMILES string of the molecule is O=C(Nc1nc2c(cc3c4c(cccc42)CC3)s1)c1cccc(C(=O)Nc2nc3c(cc4c5c(cccc53)CC4)s2)n1. The van der Waals surface area contributed by atoms with Crippen LogP contribution in [0, 0.1) is 0 Å². The maximum atomic E-state index is 13.2. The van der Waals surface area contributed by atoms with Gasteiger partial charge in [0.25, 0.3) is 11.8 Å². The number of thiazole rings is 2. The Bertz CT molecular complexity index is 2160. The minimum absolute atomic E-state index is 0.144. The quantitative estimate of drug-likeness (QED) is 0.227. The topological polar surface area (TPSA) is 96.9 Å². The van der Waals surface area contributed by atoms with Gasteiger partial charge in [0.2, 0.25) is 0 Å². The first kappa shape index (κ1) is 23.9. The molecule has 7 aromatic rings. The molecule has 0 aliphatic heterocycles. The molecule has 3 aromatic heterocycles. The van der Waals surface area contributed by atoms with Crippen molar-refractivity contribution in [1.82, 2.24) is 15.0 Å². The standard InChI is InChI=1S/C33H21N5O2S2/c39-30(37-32-35-28-20-6-1-4-16-10-12-18(26(16)20)14-24(28)41-32)22-8-3-9-23(34-22)31(40)38-33-36-29-21-7-2-5-17-11-13-19(27(17)21)15-25(29)42-33/h1-9,14-15H,10-13H2,(H,35,37,39)(H,36,38,40). The molecule has 2 N–H and O–H groups in total. The van der Waals surface area contributed by atoms with Gasteiger partial charge in [-0.3, -0.25) is 20.2 Å². The molecule has 3 heterocycles. The van der Waals surface area contributed by atoms with E-state index in [1.165, 1.54) is 55.7 Å². The van der Waals surface area contributed by atoms with Crippen LogP contribution in [0.5, 0.6) is 0 Å². The number of anilines is 2. The molecule has 0 saturated heterocycles. The summed E-state index contributed by atoms with van der Waals surface area (Å²) in [4.78, 5) is 40.2. The van der Waals surface area contributed by atoms with E-state index < -0.39 is 11.8 Å². The Morgan fingerprint density at radius 3 is 1.52 bits per heavy atom. The lowest BCUT2D eigenvalue weighted by atomic mass is 10.0. The van der Waals surface area contributed by atoms with Crippen LogP contribution in [-0.2, 0) is 25.7 Å². The highest BCUT2D eigenvalue weighted by Crippen LogP contribution is 2.40. The van der Waals surface area contributed by atoms with Crippen LogP contribution in [0.4, 0.5) is 10.3 Å². The summed E-state index contributed by atoms with van der Waals surface area (Å²) in [5, 5.41) is 11.6. The Balaban J connectivity index is 0.981. The van der Waals surface area contributed by atoms with Gasteiger partial charge in [0.1, 0.15) is 11.4 Å². The van der Waals surface area contributed by atoms with Crippen molar-refractivity contribution in [1.29, 1.82) is 0 Å². The van der Waals surface area contributed by atoms with E-state index in [0.29, 0.717) is 10.3 Å². The first-order chi connectivity index (χ1) is 20.6. The molecule has 0 radical (unpaired) electrons. The Kier molecular flexibility index (Phi) is 5.06. The minimum Gasteiger partial charge on any atom is -0.296 e. The summed E-state index contributed by atoms with van der Waals surface area (Å²) in [6.07, 6.45) is 4.17. The maximum Gasteiger partial charge on any atom is 0.276 e. The zero-order valence-corrected chi connectivity index (χ0v) is 23.8. The van der Waals surface area contributed by atoms with Gasteiger partial charge in [-0.1, -0.05) is 65.1 Å². The molecule has 7 nitrogen and oxygen atoms in total. The number of benzene rings is 4. The normalized spacial score (nSPS) is 13.5. The average molecular weight is 584 g/mol. The summed E-state index contributed by atoms with van der Waals surface area (Å²) >= 11 is 2.90. The summed E-state index contributed by atoms with van der Waals surface area (Å²) < 4.78 is 2.09. The first-order valence-corrected chi connectivity index (χ1v) is 15.5. The van der Waals surface area contributed by atoms with Gasteiger partial charge in [0.05, 0.1) is 20.4 Å². The molecule has 42 heavy (non-hydrogen) atoms. The Hall–Kier alpha value is -4.73. The van der Waals surface area contributed by atoms with E-state index in [2.05, 4.69) is 64.1 Å². The number of rotatable bonds is 4. The van der Waals surface area contributed by atoms with Crippen LogP contribution in [0.25, 0.3) is 42.0 Å². The molecule has 0 bridgehead atoms. The minimum atomic E-state index is -0.412. The van der Waals surface area contributed by atoms with Crippen molar-refractivity contribution in [2.45, 2.75) is 25.7 Å². The molecule has 2 aliphatic carbocycles. The number of amides is 2. The average Bonchev–Trinajstić information content (AvgIpc) is 3.80. The van der Waals surface area contributed by atoms with Crippen molar-refractivity contribution in [2.75, 3.05) is 10.6 Å². The lowest BCUT2D eigenvalue weighted by Gasteiger charge is -2.04. The molecule has 4 aromatic carbocycles. The highest BCUT2D eigenvalue weighted by Gasteiger charge is 2.22. The summed E-state index contributed by atoms with van der Waals surface area (Å²) in [7, 11) is 0. The molecule has 0 saturated carbocycles. The van der Waals surface area contributed by atoms with Crippen LogP contribution in [0.3, 0.4) is 0 Å². The highest BCUT2D eigenvalue weighted by molar-refractivity contribution is 7.22. The predicted molar refractivity (Wildman–Crippen MR) is 169 cm³/mol. The number of hydrogen-bond donors (Lipinski definition) is 2. The van der Waals surface area contributed by atoms with Gasteiger partial charge in [0.15, 0.2) is 10.3 Å². The van der Waals surface area contributed by atoms with Gasteiger partial charge in [-0.15, -0.1) is 0 Å². The molecule has 9 rings (SSSR count). The molecule has 2 amide bonds. The molecular weight excluding hydrogens is 563 g/mol. The lowest BCUT2D eigenvalue weighted by molar-refractivity contribution is 0.101. The van der Waals surface area contributed by atoms with Gasteiger partial charge in [0, 0.05) is 10.8 Å². The fourth-order valence-electron chi connectivity index (χ4n) is 6.53. The van der Waals surface area contributed by atoms with Crippen LogP contribution in [-0.4, -0.2) is 26.8 Å². The number of nitrogens with one attached hydrogen (secondary N) is 2. The molecule has 0 spiro atoms. The van der Waals surface area contributed by atoms with Crippen molar-refractivity contribution in [3.8, 4) is 0 Å². The fraction of sp³-hybridized carbons (Fsp3) is 0.121. The zero-order valence-electron chi connectivity index (χ0n) is 22.2. The number of pyridine rings is 1. The number of aromatic nitrogens is 3. The third-order valence-electron chi connectivity index (χ3n) is 8.35. The van der Waals surface area contributed by atoms with Crippen molar-refractivity contribution in [3.63, 3.8) is 0 Å². The summed E-state index contributed by atoms with van der Waals surface area (Å²) in [5.74, 6) is -0.824. The van der Waals surface area contributed by atoms with Gasteiger partial charge in [-0.2, -0.15) is 0 Å². The van der Waals surface area contributed by atoms with E-state index in [-0.39, 0.29) is 11.4 Å². The van der Waals surface area contributed by atoms with Crippen LogP contribution < -0.4 is 10.6 Å². The Morgan fingerprint density at radius 1 is 0.571 bits per heavy atom. The second-order valence-corrected chi connectivity index (χ2v) is 12.9. The van der Waals surface area contributed by atoms with Crippen LogP contribution >= 0.6 is 22.7 Å². The summed E-state index contributed by atoms with van der Waals surface area (Å²) in [5.41, 5.74) is 7.48. The van der Waals surface area contributed by atoms with Gasteiger partial charge >= 0.3 is 0 Å². The molecule has 9 heteroatoms. The molecule has 0 fully saturated rings. The Labute approximate surface area is 247 Å². The van der Waals surface area contributed by atoms with Crippen LogP contribution in [0.2, 0.25) is 0 Å². The van der Waals surface area contributed by atoms with E-state index >= 15 is 0 Å². The molecule has 0 atom stereocenters. The van der Waals surface area contributed by atoms with E-state index in [0.717, 1.165) is 56.9 Å². The Morgan fingerprint density at radius 2 is 1.02 bits per heavy atom. The van der Waals surface area contributed by atoms with E-state index in [4.69, 9.17) is 9.97 Å². The highest BCUT2D eigenvalue weighted by atomic mass is 32.1. The predicted octanol–water partition coefficient (Wildman–Crippen LogP) is 7.31. The van der Waals surface area contributed by atoms with Crippen molar-refractivity contribution in [3.05, 3.63) is 100 Å². The number of aryl methyl sites for hydroxylation is 4. The third kappa shape index (κ3) is 3.60. The molecule has 2 aliphatic rings. The van der Waals surface area contributed by atoms with Crippen molar-refractivity contribution in [2.24, 2.45) is 0 Å². The molecule has 0 unspecified atom stereocenters. The number of carbonyl (C=O) groups is 2. The second kappa shape index (κ2) is 8.88. The molecule has 202 valence electrons. The summed E-state index contributed by atoms with van der Waals surface area (Å²) in [6.45, 7) is 0. The summed E-state index contributed by atoms with van der Waals surface area (Å²) in [6, 6.07) is 22.0. The van der Waals surface area contributed by atoms with Crippen LogP contribution in [0.15, 0.2) is 66.7 Å². The molecular formula is C33H21N5O2S2. The van der Waals surface area contributed by atoms with Crippen LogP contribution in [0.1, 0.15) is 43.2 Å². The largest absolute Gasteiger partial charge is 0.296 e. The van der Waals surface area contributed by atoms with E-state index in [1.54, 1.807) is 18.2 Å². The van der Waals surface area contributed by atoms with Crippen molar-refractivity contribution >= 4 is 86.7 Å². The van der Waals surface area contributed by atoms with Gasteiger partial charge < -0.3 is 0 Å². The second-order valence-electron chi connectivity index (χ2n) is 10.8. The number of fused-ring (bicyclic) bond motifs is 4.